The number of aryl methyl sites for hydroxylation is 1. The average molecular weight is 391 g/mol. The number of carbonyl (C=O) groups excluding carboxylic acids is 1. The average Bonchev–Trinajstić information content (AvgIpc) is 2.74. The molecule has 0 bridgehead atoms. The third-order valence-electron chi connectivity index (χ3n) is 6.05. The van der Waals surface area contributed by atoms with Crippen LogP contribution in [0.1, 0.15) is 61.0 Å². The van der Waals surface area contributed by atoms with Crippen LogP contribution in [0.2, 0.25) is 0 Å². The second-order valence-electron chi connectivity index (χ2n) is 8.39. The number of piperidine rings is 1. The van der Waals surface area contributed by atoms with Gasteiger partial charge in [0.1, 0.15) is 0 Å². The Morgan fingerprint density at radius 3 is 2.55 bits per heavy atom. The Morgan fingerprint density at radius 2 is 1.90 bits per heavy atom. The molecule has 0 aliphatic carbocycles. The van der Waals surface area contributed by atoms with Crippen molar-refractivity contribution in [2.24, 2.45) is 0 Å². The van der Waals surface area contributed by atoms with Crippen LogP contribution in [0, 0.1) is 0 Å². The molecule has 1 unspecified atom stereocenters. The van der Waals surface area contributed by atoms with Crippen molar-refractivity contribution in [1.82, 2.24) is 4.90 Å². The number of carbonyl (C=O) groups is 1. The fraction of sp³-hybridized carbons (Fsp3) is 0.423. The molecule has 2 aromatic carbocycles. The van der Waals surface area contributed by atoms with Gasteiger partial charge in [-0.15, -0.1) is 0 Å². The molecule has 154 valence electrons. The third kappa shape index (κ3) is 5.16. The van der Waals surface area contributed by atoms with Gasteiger partial charge in [0.15, 0.2) is 0 Å². The number of nitrogens with zero attached hydrogens (tertiary/aromatic N) is 2. The fourth-order valence-electron chi connectivity index (χ4n) is 4.31. The molecule has 1 aliphatic rings. The van der Waals surface area contributed by atoms with Gasteiger partial charge in [-0.2, -0.15) is 0 Å². The number of anilines is 1. The summed E-state index contributed by atoms with van der Waals surface area (Å²) in [5.74, 6) is 0.0536. The minimum atomic E-state index is 0.0536. The predicted molar refractivity (Wildman–Crippen MR) is 124 cm³/mol. The largest absolute Gasteiger partial charge is 0.306 e. The zero-order valence-corrected chi connectivity index (χ0v) is 18.1. The normalized spacial score (nSPS) is 17.3. The lowest BCUT2D eigenvalue weighted by Crippen LogP contribution is -2.38. The number of benzene rings is 2. The van der Waals surface area contributed by atoms with Crippen LogP contribution in [-0.2, 0) is 6.42 Å². The van der Waals surface area contributed by atoms with E-state index in [1.165, 1.54) is 31.4 Å². The van der Waals surface area contributed by atoms with E-state index in [-0.39, 0.29) is 11.9 Å². The molecule has 1 atom stereocenters. The minimum Gasteiger partial charge on any atom is -0.306 e. The quantitative estimate of drug-likeness (QED) is 0.596. The first-order valence-corrected chi connectivity index (χ1v) is 10.9. The molecule has 1 amide bonds. The van der Waals surface area contributed by atoms with Gasteiger partial charge in [0, 0.05) is 23.3 Å². The highest BCUT2D eigenvalue weighted by molar-refractivity contribution is 6.07. The summed E-state index contributed by atoms with van der Waals surface area (Å²) in [7, 11) is 2.24. The molecule has 1 aliphatic heterocycles. The van der Waals surface area contributed by atoms with Crippen LogP contribution >= 0.6 is 0 Å². The molecule has 0 saturated carbocycles. The van der Waals surface area contributed by atoms with Gasteiger partial charge in [-0.3, -0.25) is 4.79 Å². The number of amides is 1. The molecule has 2 aromatic rings. The van der Waals surface area contributed by atoms with Gasteiger partial charge in [0.25, 0.3) is 5.91 Å². The topological polar surface area (TPSA) is 23.6 Å². The molecule has 0 N–H and O–H groups in total. The molecule has 1 fully saturated rings. The highest BCUT2D eigenvalue weighted by Crippen LogP contribution is 2.28. The van der Waals surface area contributed by atoms with E-state index in [4.69, 9.17) is 0 Å². The summed E-state index contributed by atoms with van der Waals surface area (Å²) < 4.78 is 0. The predicted octanol–water partition coefficient (Wildman–Crippen LogP) is 5.80. The number of hydrogen-bond donors (Lipinski definition) is 0. The highest BCUT2D eigenvalue weighted by atomic mass is 16.2. The van der Waals surface area contributed by atoms with E-state index in [1.807, 2.05) is 35.2 Å². The minimum absolute atomic E-state index is 0.0536. The molecular formula is C26H34N2O. The molecular weight excluding hydrogens is 356 g/mol. The molecule has 3 heteroatoms. The van der Waals surface area contributed by atoms with Gasteiger partial charge in [-0.1, -0.05) is 49.4 Å². The van der Waals surface area contributed by atoms with E-state index in [2.05, 4.69) is 50.6 Å². The fourth-order valence-corrected chi connectivity index (χ4v) is 4.31. The maximum atomic E-state index is 13.4. The van der Waals surface area contributed by atoms with Crippen molar-refractivity contribution >= 4 is 17.7 Å². The Kier molecular flexibility index (Phi) is 7.27. The van der Waals surface area contributed by atoms with E-state index in [0.717, 1.165) is 24.1 Å². The molecule has 0 spiro atoms. The Morgan fingerprint density at radius 1 is 1.17 bits per heavy atom. The second-order valence-corrected chi connectivity index (χ2v) is 8.39. The second kappa shape index (κ2) is 9.89. The maximum Gasteiger partial charge on any atom is 0.258 e. The standard InChI is InChI=1S/C26H34N2O/c1-5-21-13-15-23(16-14-21)26(29)28(20(2)3)25-12-7-6-10-22(25)17-18-24-11-8-9-19-27(24)4/h5-7,10,12-16,20,24H,1,8-9,11,17-19H2,2-4H3. The lowest BCUT2D eigenvalue weighted by molar-refractivity contribution is 0.0980. The van der Waals surface area contributed by atoms with Gasteiger partial charge in [0.05, 0.1) is 0 Å². The third-order valence-corrected chi connectivity index (χ3v) is 6.05. The first-order chi connectivity index (χ1) is 14.0. The van der Waals surface area contributed by atoms with Crippen molar-refractivity contribution < 1.29 is 4.79 Å². The molecule has 1 saturated heterocycles. The summed E-state index contributed by atoms with van der Waals surface area (Å²) in [6.45, 7) is 9.16. The van der Waals surface area contributed by atoms with Crippen LogP contribution in [0.15, 0.2) is 55.1 Å². The first kappa shape index (κ1) is 21.3. The summed E-state index contributed by atoms with van der Waals surface area (Å²) in [4.78, 5) is 17.8. The molecule has 1 heterocycles. The van der Waals surface area contributed by atoms with E-state index < -0.39 is 0 Å². The van der Waals surface area contributed by atoms with E-state index in [9.17, 15) is 4.79 Å². The number of likely N-dealkylation sites (tertiary alicyclic amines) is 1. The maximum absolute atomic E-state index is 13.4. The highest BCUT2D eigenvalue weighted by Gasteiger charge is 2.24. The van der Waals surface area contributed by atoms with Crippen molar-refractivity contribution in [2.45, 2.75) is 58.0 Å². The van der Waals surface area contributed by atoms with Crippen LogP contribution in [0.25, 0.3) is 6.08 Å². The summed E-state index contributed by atoms with van der Waals surface area (Å²) >= 11 is 0. The summed E-state index contributed by atoms with van der Waals surface area (Å²) in [6, 6.07) is 16.8. The smallest absolute Gasteiger partial charge is 0.258 e. The molecule has 3 nitrogen and oxygen atoms in total. The van der Waals surface area contributed by atoms with Crippen molar-refractivity contribution in [3.63, 3.8) is 0 Å². The van der Waals surface area contributed by atoms with Crippen LogP contribution in [0.4, 0.5) is 5.69 Å². The Balaban J connectivity index is 1.83. The van der Waals surface area contributed by atoms with E-state index in [0.29, 0.717) is 11.6 Å². The van der Waals surface area contributed by atoms with Crippen LogP contribution in [-0.4, -0.2) is 36.5 Å². The number of para-hydroxylation sites is 1. The summed E-state index contributed by atoms with van der Waals surface area (Å²) in [5.41, 5.74) is 4.04. The van der Waals surface area contributed by atoms with Gasteiger partial charge < -0.3 is 9.80 Å². The van der Waals surface area contributed by atoms with Crippen molar-refractivity contribution in [3.8, 4) is 0 Å². The van der Waals surface area contributed by atoms with Crippen molar-refractivity contribution in [2.75, 3.05) is 18.5 Å². The molecule has 0 aromatic heterocycles. The monoisotopic (exact) mass is 390 g/mol. The van der Waals surface area contributed by atoms with Crippen LogP contribution < -0.4 is 4.90 Å². The molecule has 3 rings (SSSR count). The zero-order chi connectivity index (χ0) is 20.8. The van der Waals surface area contributed by atoms with Crippen LogP contribution in [0.3, 0.4) is 0 Å². The van der Waals surface area contributed by atoms with Gasteiger partial charge >= 0.3 is 0 Å². The summed E-state index contributed by atoms with van der Waals surface area (Å²) in [6.07, 6.45) is 7.85. The Bertz CT molecular complexity index is 825. The van der Waals surface area contributed by atoms with Crippen molar-refractivity contribution in [1.29, 1.82) is 0 Å². The lowest BCUT2D eigenvalue weighted by Gasteiger charge is -2.33. The van der Waals surface area contributed by atoms with Gasteiger partial charge in [0.2, 0.25) is 0 Å². The Hall–Kier alpha value is -2.39. The number of hydrogen-bond acceptors (Lipinski definition) is 2. The van der Waals surface area contributed by atoms with Crippen molar-refractivity contribution in [3.05, 3.63) is 71.8 Å². The summed E-state index contributed by atoms with van der Waals surface area (Å²) in [5, 5.41) is 0. The van der Waals surface area contributed by atoms with Gasteiger partial charge in [-0.25, -0.2) is 0 Å². The molecule has 29 heavy (non-hydrogen) atoms. The van der Waals surface area contributed by atoms with E-state index in [1.54, 1.807) is 6.08 Å². The van der Waals surface area contributed by atoms with E-state index >= 15 is 0 Å². The number of rotatable bonds is 7. The molecule has 0 radical (unpaired) electrons. The first-order valence-electron chi connectivity index (χ1n) is 10.9. The van der Waals surface area contributed by atoms with Gasteiger partial charge in [-0.05, 0) is 82.4 Å². The zero-order valence-electron chi connectivity index (χ0n) is 18.1. The lowest BCUT2D eigenvalue weighted by atomic mass is 9.95. The Labute approximate surface area is 176 Å². The SMILES string of the molecule is C=Cc1ccc(C(=O)N(c2ccccc2CCC2CCCCN2C)C(C)C)cc1. The van der Waals surface area contributed by atoms with Crippen LogP contribution in [0.5, 0.6) is 0 Å².